The summed E-state index contributed by atoms with van der Waals surface area (Å²) in [6.45, 7) is 0. The molecule has 0 saturated heterocycles. The first-order valence-electron chi connectivity index (χ1n) is 5.16. The third-order valence-corrected chi connectivity index (χ3v) is 2.83. The molecular weight excluding hydrogens is 204 g/mol. The lowest BCUT2D eigenvalue weighted by atomic mass is 9.98. The van der Waals surface area contributed by atoms with Crippen LogP contribution < -0.4 is 5.32 Å². The average molecular weight is 216 g/mol. The van der Waals surface area contributed by atoms with E-state index in [2.05, 4.69) is 10.3 Å². The second kappa shape index (κ2) is 3.37. The summed E-state index contributed by atoms with van der Waals surface area (Å²) < 4.78 is 0. The number of fused-ring (bicyclic) bond motifs is 1. The minimum absolute atomic E-state index is 0.655. The van der Waals surface area contributed by atoms with Gasteiger partial charge in [0, 0.05) is 28.5 Å². The summed E-state index contributed by atoms with van der Waals surface area (Å²) in [6.07, 6.45) is 1.96. The van der Waals surface area contributed by atoms with Crippen LogP contribution in [0.3, 0.4) is 0 Å². The molecule has 1 aromatic carbocycles. The number of benzene rings is 1. The highest BCUT2D eigenvalue weighted by molar-refractivity contribution is 5.83. The maximum atomic E-state index is 9.42. The van der Waals surface area contributed by atoms with Crippen molar-refractivity contribution in [2.24, 2.45) is 0 Å². The van der Waals surface area contributed by atoms with Crippen molar-refractivity contribution in [2.45, 2.75) is 12.2 Å². The van der Waals surface area contributed by atoms with E-state index in [0.29, 0.717) is 5.70 Å². The van der Waals surface area contributed by atoms with Crippen LogP contribution >= 0.6 is 0 Å². The second-order valence-electron chi connectivity index (χ2n) is 3.96. The number of aliphatic hydroxyl groups excluding tert-OH is 2. The van der Waals surface area contributed by atoms with Crippen molar-refractivity contribution < 1.29 is 10.2 Å². The van der Waals surface area contributed by atoms with Gasteiger partial charge >= 0.3 is 0 Å². The Hall–Kier alpha value is -1.78. The van der Waals surface area contributed by atoms with Crippen molar-refractivity contribution in [3.63, 3.8) is 0 Å². The molecule has 1 heterocycles. The Morgan fingerprint density at radius 1 is 1.19 bits per heavy atom. The van der Waals surface area contributed by atoms with Gasteiger partial charge in [-0.05, 0) is 30.3 Å². The molecule has 0 aliphatic heterocycles. The zero-order valence-electron chi connectivity index (χ0n) is 8.51. The predicted octanol–water partition coefficient (Wildman–Crippen LogP) is 1.20. The Balaban J connectivity index is 1.87. The summed E-state index contributed by atoms with van der Waals surface area (Å²) in [5.41, 5.74) is 2.64. The molecule has 0 saturated carbocycles. The van der Waals surface area contributed by atoms with Crippen molar-refractivity contribution in [1.82, 2.24) is 4.98 Å². The van der Waals surface area contributed by atoms with Crippen LogP contribution in [0.5, 0.6) is 0 Å². The summed E-state index contributed by atoms with van der Waals surface area (Å²) in [5.74, 6) is 0. The number of aromatic amines is 1. The molecule has 0 amide bonds. The van der Waals surface area contributed by atoms with Gasteiger partial charge in [-0.3, -0.25) is 0 Å². The predicted molar refractivity (Wildman–Crippen MR) is 62.0 cm³/mol. The smallest absolute Gasteiger partial charge is 0.123 e. The molecule has 2 atom stereocenters. The van der Waals surface area contributed by atoms with Gasteiger partial charge < -0.3 is 20.5 Å². The lowest BCUT2D eigenvalue weighted by molar-refractivity contribution is 0.0499. The van der Waals surface area contributed by atoms with Crippen LogP contribution in [0.15, 0.2) is 42.2 Å². The standard InChI is InChI=1S/C12H12N2O2/c15-11-6-10(12(11)16)14-8-1-2-9-7(5-8)3-4-13-9/h1-6,11-16H. The van der Waals surface area contributed by atoms with Gasteiger partial charge in [0.2, 0.25) is 0 Å². The highest BCUT2D eigenvalue weighted by atomic mass is 16.3. The van der Waals surface area contributed by atoms with Crippen molar-refractivity contribution in [3.8, 4) is 0 Å². The van der Waals surface area contributed by atoms with Crippen molar-refractivity contribution in [1.29, 1.82) is 0 Å². The number of nitrogens with one attached hydrogen (secondary N) is 2. The topological polar surface area (TPSA) is 68.3 Å². The number of rotatable bonds is 2. The SMILES string of the molecule is OC1C=C(Nc2ccc3[nH]ccc3c2)C1O. The molecule has 0 radical (unpaired) electrons. The van der Waals surface area contributed by atoms with Gasteiger partial charge in [0.25, 0.3) is 0 Å². The molecule has 1 aliphatic rings. The second-order valence-corrected chi connectivity index (χ2v) is 3.96. The molecule has 82 valence electrons. The van der Waals surface area contributed by atoms with E-state index in [9.17, 15) is 5.11 Å². The molecular formula is C12H12N2O2. The van der Waals surface area contributed by atoms with Crippen LogP contribution in [0.1, 0.15) is 0 Å². The Labute approximate surface area is 92.2 Å². The molecule has 0 spiro atoms. The van der Waals surface area contributed by atoms with E-state index >= 15 is 0 Å². The van der Waals surface area contributed by atoms with E-state index in [1.807, 2.05) is 30.5 Å². The lowest BCUT2D eigenvalue weighted by Gasteiger charge is -2.28. The Morgan fingerprint density at radius 3 is 2.81 bits per heavy atom. The van der Waals surface area contributed by atoms with E-state index < -0.39 is 12.2 Å². The number of hydrogen-bond donors (Lipinski definition) is 4. The largest absolute Gasteiger partial charge is 0.386 e. The minimum Gasteiger partial charge on any atom is -0.386 e. The fourth-order valence-corrected chi connectivity index (χ4v) is 1.85. The number of aromatic nitrogens is 1. The Bertz CT molecular complexity index is 559. The van der Waals surface area contributed by atoms with Gasteiger partial charge in [-0.25, -0.2) is 0 Å². The van der Waals surface area contributed by atoms with E-state index in [1.54, 1.807) is 6.08 Å². The molecule has 1 aliphatic carbocycles. The number of anilines is 1. The van der Waals surface area contributed by atoms with Crippen molar-refractivity contribution in [2.75, 3.05) is 5.32 Å². The van der Waals surface area contributed by atoms with E-state index in [1.165, 1.54) is 0 Å². The summed E-state index contributed by atoms with van der Waals surface area (Å²) in [5, 5.41) is 22.7. The number of aliphatic hydroxyl groups is 2. The monoisotopic (exact) mass is 216 g/mol. The fraction of sp³-hybridized carbons (Fsp3) is 0.167. The normalized spacial score (nSPS) is 24.0. The van der Waals surface area contributed by atoms with Gasteiger partial charge in [-0.2, -0.15) is 0 Å². The summed E-state index contributed by atoms with van der Waals surface area (Å²) >= 11 is 0. The minimum atomic E-state index is -0.790. The number of H-pyrrole nitrogens is 1. The van der Waals surface area contributed by atoms with E-state index in [-0.39, 0.29) is 0 Å². The third kappa shape index (κ3) is 1.39. The van der Waals surface area contributed by atoms with Gasteiger partial charge in [-0.15, -0.1) is 0 Å². The summed E-state index contributed by atoms with van der Waals surface area (Å²) in [6, 6.07) is 7.88. The van der Waals surface area contributed by atoms with Crippen LogP contribution in [0.2, 0.25) is 0 Å². The van der Waals surface area contributed by atoms with Crippen molar-refractivity contribution >= 4 is 16.6 Å². The number of hydrogen-bond acceptors (Lipinski definition) is 3. The van der Waals surface area contributed by atoms with E-state index in [0.717, 1.165) is 16.6 Å². The highest BCUT2D eigenvalue weighted by Crippen LogP contribution is 2.24. The molecule has 0 bridgehead atoms. The zero-order valence-corrected chi connectivity index (χ0v) is 8.51. The highest BCUT2D eigenvalue weighted by Gasteiger charge is 2.28. The quantitative estimate of drug-likeness (QED) is 0.609. The van der Waals surface area contributed by atoms with Crippen molar-refractivity contribution in [3.05, 3.63) is 42.2 Å². The lowest BCUT2D eigenvalue weighted by Crippen LogP contribution is -2.38. The summed E-state index contributed by atoms with van der Waals surface area (Å²) in [4.78, 5) is 3.11. The molecule has 3 rings (SSSR count). The third-order valence-electron chi connectivity index (χ3n) is 2.83. The molecule has 2 aromatic rings. The maximum Gasteiger partial charge on any atom is 0.123 e. The van der Waals surface area contributed by atoms with Crippen LogP contribution in [0.25, 0.3) is 10.9 Å². The summed E-state index contributed by atoms with van der Waals surface area (Å²) in [7, 11) is 0. The zero-order chi connectivity index (χ0) is 11.1. The van der Waals surface area contributed by atoms with Crippen LogP contribution in [-0.2, 0) is 0 Å². The van der Waals surface area contributed by atoms with Gasteiger partial charge in [0.15, 0.2) is 0 Å². The van der Waals surface area contributed by atoms with Gasteiger partial charge in [0.1, 0.15) is 12.2 Å². The molecule has 0 fully saturated rings. The first-order chi connectivity index (χ1) is 7.74. The van der Waals surface area contributed by atoms with E-state index in [4.69, 9.17) is 5.11 Å². The molecule has 4 heteroatoms. The molecule has 4 N–H and O–H groups in total. The molecule has 4 nitrogen and oxygen atoms in total. The van der Waals surface area contributed by atoms with Crippen LogP contribution in [0.4, 0.5) is 5.69 Å². The first-order valence-corrected chi connectivity index (χ1v) is 5.16. The maximum absolute atomic E-state index is 9.42. The first kappa shape index (κ1) is 9.45. The molecule has 16 heavy (non-hydrogen) atoms. The Kier molecular flexibility index (Phi) is 1.99. The Morgan fingerprint density at radius 2 is 2.06 bits per heavy atom. The van der Waals surface area contributed by atoms with Crippen LogP contribution in [-0.4, -0.2) is 27.4 Å². The fourth-order valence-electron chi connectivity index (χ4n) is 1.85. The molecule has 2 unspecified atom stereocenters. The van der Waals surface area contributed by atoms with Gasteiger partial charge in [0.05, 0.1) is 0 Å². The average Bonchev–Trinajstić information content (AvgIpc) is 2.75. The van der Waals surface area contributed by atoms with Gasteiger partial charge in [-0.1, -0.05) is 0 Å². The van der Waals surface area contributed by atoms with Crippen LogP contribution in [0, 0.1) is 0 Å². The molecule has 1 aromatic heterocycles.